The van der Waals surface area contributed by atoms with E-state index in [0.29, 0.717) is 22.8 Å². The van der Waals surface area contributed by atoms with Crippen molar-refractivity contribution in [2.24, 2.45) is 10.7 Å². The van der Waals surface area contributed by atoms with Crippen molar-refractivity contribution in [2.45, 2.75) is 26.4 Å². The van der Waals surface area contributed by atoms with Crippen molar-refractivity contribution < 1.29 is 9.18 Å². The Morgan fingerprint density at radius 3 is 2.42 bits per heavy atom. The first-order valence-electron chi connectivity index (χ1n) is 11.4. The molecule has 3 N–H and O–H groups in total. The molecule has 7 nitrogen and oxygen atoms in total. The van der Waals surface area contributed by atoms with E-state index in [9.17, 15) is 9.18 Å². The zero-order chi connectivity index (χ0) is 25.9. The number of hydrogen-bond donors (Lipinski definition) is 2. The van der Waals surface area contributed by atoms with Gasteiger partial charge in [0.05, 0.1) is 11.4 Å². The second-order valence-electron chi connectivity index (χ2n) is 8.85. The van der Waals surface area contributed by atoms with E-state index in [4.69, 9.17) is 5.73 Å². The molecule has 0 bridgehead atoms. The lowest BCUT2D eigenvalue weighted by molar-refractivity contribution is 0.102. The standard InChI is InChI=1S/C28H27FN6O/c1-17-5-6-21(35-27(36)20-9-12-34-25(15-20)28(2,3)29)16-22(17)18-7-10-32-23(13-18)19-8-11-33-24(14-19)26(30)31-4/h5-16H,1-4H3,(H2,30,31)(H,35,36). The highest BCUT2D eigenvalue weighted by Gasteiger charge is 2.22. The first kappa shape index (κ1) is 24.7. The zero-order valence-electron chi connectivity index (χ0n) is 20.6. The molecular weight excluding hydrogens is 455 g/mol. The van der Waals surface area contributed by atoms with Crippen LogP contribution >= 0.6 is 0 Å². The van der Waals surface area contributed by atoms with E-state index in [1.54, 1.807) is 25.5 Å². The summed E-state index contributed by atoms with van der Waals surface area (Å²) >= 11 is 0. The number of carbonyl (C=O) groups is 1. The van der Waals surface area contributed by atoms with Gasteiger partial charge in [-0.05, 0) is 86.0 Å². The summed E-state index contributed by atoms with van der Waals surface area (Å²) in [6, 6.07) is 16.3. The number of rotatable bonds is 6. The fourth-order valence-electron chi connectivity index (χ4n) is 3.71. The summed E-state index contributed by atoms with van der Waals surface area (Å²) in [7, 11) is 1.62. The fourth-order valence-corrected chi connectivity index (χ4v) is 3.71. The maximum absolute atomic E-state index is 14.3. The van der Waals surface area contributed by atoms with Crippen molar-refractivity contribution in [3.05, 3.63) is 95.7 Å². The van der Waals surface area contributed by atoms with Gasteiger partial charge in [0.1, 0.15) is 17.2 Å². The number of aliphatic imine (C=N–C) groups is 1. The van der Waals surface area contributed by atoms with E-state index in [1.165, 1.54) is 26.1 Å². The lowest BCUT2D eigenvalue weighted by Gasteiger charge is -2.15. The smallest absolute Gasteiger partial charge is 0.255 e. The molecule has 4 rings (SSSR count). The minimum Gasteiger partial charge on any atom is -0.382 e. The van der Waals surface area contributed by atoms with E-state index in [-0.39, 0.29) is 11.6 Å². The van der Waals surface area contributed by atoms with Crippen LogP contribution in [0.3, 0.4) is 0 Å². The van der Waals surface area contributed by atoms with Crippen LogP contribution < -0.4 is 11.1 Å². The van der Waals surface area contributed by atoms with Gasteiger partial charge in [-0.25, -0.2) is 4.39 Å². The maximum Gasteiger partial charge on any atom is 0.255 e. The molecule has 1 amide bonds. The number of alkyl halides is 1. The van der Waals surface area contributed by atoms with E-state index >= 15 is 0 Å². The topological polar surface area (TPSA) is 106 Å². The second-order valence-corrected chi connectivity index (χ2v) is 8.85. The number of aromatic nitrogens is 3. The van der Waals surface area contributed by atoms with Gasteiger partial charge in [0, 0.05) is 42.5 Å². The molecule has 36 heavy (non-hydrogen) atoms. The van der Waals surface area contributed by atoms with E-state index < -0.39 is 5.67 Å². The normalized spacial score (nSPS) is 11.9. The molecule has 3 heterocycles. The van der Waals surface area contributed by atoms with Crippen LogP contribution in [0.25, 0.3) is 22.4 Å². The Kier molecular flexibility index (Phi) is 6.87. The number of nitrogens with one attached hydrogen (secondary N) is 1. The summed E-state index contributed by atoms with van der Waals surface area (Å²) in [5.74, 6) is 0.0105. The fraction of sp³-hybridized carbons (Fsp3) is 0.179. The van der Waals surface area contributed by atoms with Crippen LogP contribution in [0.4, 0.5) is 10.1 Å². The molecule has 0 saturated carbocycles. The lowest BCUT2D eigenvalue weighted by Crippen LogP contribution is -2.16. The number of pyridine rings is 3. The summed E-state index contributed by atoms with van der Waals surface area (Å²) in [5.41, 5.74) is 10.6. The molecular formula is C28H27FN6O. The third-order valence-electron chi connectivity index (χ3n) is 5.76. The van der Waals surface area contributed by atoms with Crippen LogP contribution in [0.15, 0.2) is 78.2 Å². The quantitative estimate of drug-likeness (QED) is 0.286. The molecule has 8 heteroatoms. The molecule has 1 aromatic carbocycles. The highest BCUT2D eigenvalue weighted by atomic mass is 19.1. The third kappa shape index (κ3) is 5.43. The third-order valence-corrected chi connectivity index (χ3v) is 5.76. The van der Waals surface area contributed by atoms with Gasteiger partial charge in [-0.15, -0.1) is 0 Å². The summed E-state index contributed by atoms with van der Waals surface area (Å²) in [5, 5.41) is 2.91. The van der Waals surface area contributed by atoms with Crippen molar-refractivity contribution >= 4 is 17.4 Å². The van der Waals surface area contributed by atoms with Gasteiger partial charge >= 0.3 is 0 Å². The predicted octanol–water partition coefficient (Wildman–Crippen LogP) is 5.31. The molecule has 0 unspecified atom stereocenters. The molecule has 0 saturated heterocycles. The molecule has 0 aliphatic carbocycles. The van der Waals surface area contributed by atoms with Crippen molar-refractivity contribution in [2.75, 3.05) is 12.4 Å². The Hall–Kier alpha value is -4.46. The SMILES string of the molecule is CN=C(N)c1cc(-c2cc(-c3cc(NC(=O)c4ccnc(C(C)(C)F)c4)ccc3C)ccn2)ccn1. The first-order valence-corrected chi connectivity index (χ1v) is 11.4. The number of amidine groups is 1. The van der Waals surface area contributed by atoms with Crippen molar-refractivity contribution in [1.82, 2.24) is 15.0 Å². The largest absolute Gasteiger partial charge is 0.382 e. The number of aryl methyl sites for hydroxylation is 1. The van der Waals surface area contributed by atoms with Crippen LogP contribution in [0.2, 0.25) is 0 Å². The molecule has 182 valence electrons. The Bertz CT molecular complexity index is 1460. The number of nitrogens with two attached hydrogens (primary N) is 1. The van der Waals surface area contributed by atoms with Crippen molar-refractivity contribution in [1.29, 1.82) is 0 Å². The monoisotopic (exact) mass is 482 g/mol. The van der Waals surface area contributed by atoms with Crippen LogP contribution in [0, 0.1) is 6.92 Å². The number of benzene rings is 1. The number of hydrogen-bond acceptors (Lipinski definition) is 5. The lowest BCUT2D eigenvalue weighted by atomic mass is 9.98. The number of halogens is 1. The number of carbonyl (C=O) groups excluding carboxylic acids is 1. The Balaban J connectivity index is 1.63. The van der Waals surface area contributed by atoms with E-state index in [2.05, 4.69) is 25.3 Å². The Morgan fingerprint density at radius 2 is 1.67 bits per heavy atom. The zero-order valence-corrected chi connectivity index (χ0v) is 20.6. The maximum atomic E-state index is 14.3. The summed E-state index contributed by atoms with van der Waals surface area (Å²) in [6.45, 7) is 4.82. The minimum atomic E-state index is -1.64. The first-order chi connectivity index (χ1) is 17.2. The Labute approximate surface area is 209 Å². The highest BCUT2D eigenvalue weighted by Crippen LogP contribution is 2.30. The van der Waals surface area contributed by atoms with Crippen molar-refractivity contribution in [3.8, 4) is 22.4 Å². The van der Waals surface area contributed by atoms with E-state index in [0.717, 1.165) is 27.9 Å². The molecule has 0 fully saturated rings. The molecule has 0 atom stereocenters. The van der Waals surface area contributed by atoms with Gasteiger partial charge < -0.3 is 11.1 Å². The number of amides is 1. The average molecular weight is 483 g/mol. The second kappa shape index (κ2) is 10.0. The molecule has 0 aliphatic heterocycles. The summed E-state index contributed by atoms with van der Waals surface area (Å²) < 4.78 is 14.3. The number of anilines is 1. The van der Waals surface area contributed by atoms with Gasteiger partial charge in [-0.3, -0.25) is 24.7 Å². The predicted molar refractivity (Wildman–Crippen MR) is 141 cm³/mol. The van der Waals surface area contributed by atoms with Crippen LogP contribution in [0.1, 0.15) is 41.2 Å². The summed E-state index contributed by atoms with van der Waals surface area (Å²) in [6.07, 6.45) is 4.85. The van der Waals surface area contributed by atoms with Crippen LogP contribution in [-0.4, -0.2) is 33.7 Å². The van der Waals surface area contributed by atoms with Crippen LogP contribution in [-0.2, 0) is 5.67 Å². The molecule has 4 aromatic rings. The highest BCUT2D eigenvalue weighted by molar-refractivity contribution is 6.04. The number of nitrogens with zero attached hydrogens (tertiary/aromatic N) is 4. The minimum absolute atomic E-state index is 0.204. The van der Waals surface area contributed by atoms with Gasteiger partial charge in [-0.2, -0.15) is 0 Å². The summed E-state index contributed by atoms with van der Waals surface area (Å²) in [4.78, 5) is 29.7. The molecule has 0 radical (unpaired) electrons. The van der Waals surface area contributed by atoms with Gasteiger partial charge in [0.25, 0.3) is 5.91 Å². The van der Waals surface area contributed by atoms with Gasteiger partial charge in [0.15, 0.2) is 0 Å². The van der Waals surface area contributed by atoms with Gasteiger partial charge in [-0.1, -0.05) is 6.07 Å². The molecule has 3 aromatic heterocycles. The average Bonchev–Trinajstić information content (AvgIpc) is 2.89. The Morgan fingerprint density at radius 1 is 0.944 bits per heavy atom. The van der Waals surface area contributed by atoms with Crippen LogP contribution in [0.5, 0.6) is 0 Å². The molecule has 0 aliphatic rings. The van der Waals surface area contributed by atoms with Gasteiger partial charge in [0.2, 0.25) is 0 Å². The van der Waals surface area contributed by atoms with Crippen molar-refractivity contribution in [3.63, 3.8) is 0 Å². The molecule has 0 spiro atoms. The van der Waals surface area contributed by atoms with E-state index in [1.807, 2.05) is 49.4 Å².